The largest absolute Gasteiger partial charge is 0.497 e. The molecule has 0 amide bonds. The van der Waals surface area contributed by atoms with Gasteiger partial charge in [0, 0.05) is 23.5 Å². The molecule has 0 unspecified atom stereocenters. The Hall–Kier alpha value is -2.07. The van der Waals surface area contributed by atoms with Crippen LogP contribution in [-0.2, 0) is 19.4 Å². The Morgan fingerprint density at radius 2 is 1.86 bits per heavy atom. The molecule has 0 saturated heterocycles. The van der Waals surface area contributed by atoms with Crippen LogP contribution in [0.5, 0.6) is 5.75 Å². The van der Waals surface area contributed by atoms with Gasteiger partial charge < -0.3 is 10.5 Å². The quantitative estimate of drug-likeness (QED) is 0.886. The van der Waals surface area contributed by atoms with Crippen LogP contribution in [-0.4, -0.2) is 11.7 Å². The Balaban J connectivity index is 2.21. The molecule has 4 nitrogen and oxygen atoms in total. The molecule has 3 rings (SSSR count). The summed E-state index contributed by atoms with van der Waals surface area (Å²) in [5, 5.41) is 0. The van der Waals surface area contributed by atoms with Crippen LogP contribution in [0.2, 0.25) is 0 Å². The van der Waals surface area contributed by atoms with E-state index in [1.165, 1.54) is 18.4 Å². The van der Waals surface area contributed by atoms with E-state index in [1.54, 1.807) is 7.11 Å². The van der Waals surface area contributed by atoms with Crippen molar-refractivity contribution in [2.75, 3.05) is 7.11 Å². The van der Waals surface area contributed by atoms with Crippen molar-refractivity contribution in [1.29, 1.82) is 0 Å². The summed E-state index contributed by atoms with van der Waals surface area (Å²) in [6.45, 7) is 0.280. The minimum absolute atomic E-state index is 0.00770. The number of pyridine rings is 1. The highest BCUT2D eigenvalue weighted by atomic mass is 16.5. The lowest BCUT2D eigenvalue weighted by atomic mass is 10.0. The fourth-order valence-electron chi connectivity index (χ4n) is 3.19. The normalized spacial score (nSPS) is 14.3. The van der Waals surface area contributed by atoms with E-state index in [0.29, 0.717) is 5.56 Å². The molecule has 2 aromatic rings. The monoisotopic (exact) mass is 298 g/mol. The molecule has 1 aromatic carbocycles. The molecule has 22 heavy (non-hydrogen) atoms. The molecule has 1 aromatic heterocycles. The zero-order valence-electron chi connectivity index (χ0n) is 13.0. The van der Waals surface area contributed by atoms with Crippen molar-refractivity contribution in [3.8, 4) is 11.4 Å². The van der Waals surface area contributed by atoms with Crippen molar-refractivity contribution < 1.29 is 4.74 Å². The fraction of sp³-hybridized carbons (Fsp3) is 0.389. The summed E-state index contributed by atoms with van der Waals surface area (Å²) < 4.78 is 7.05. The first kappa shape index (κ1) is 14.9. The predicted molar refractivity (Wildman–Crippen MR) is 87.7 cm³/mol. The van der Waals surface area contributed by atoms with Gasteiger partial charge in [0.2, 0.25) is 0 Å². The topological polar surface area (TPSA) is 57.2 Å². The molecule has 0 atom stereocenters. The lowest BCUT2D eigenvalue weighted by Gasteiger charge is -2.17. The Labute approximate surface area is 130 Å². The average molecular weight is 298 g/mol. The SMILES string of the molecule is COc1ccc(-n2c3c(cc(CN)c2=O)CCCCC3)cc1. The molecule has 1 heterocycles. The molecular formula is C18H22N2O2. The first-order valence-electron chi connectivity index (χ1n) is 7.85. The number of rotatable bonds is 3. The first-order chi connectivity index (χ1) is 10.7. The third-order valence-corrected chi connectivity index (χ3v) is 4.38. The Bertz CT molecular complexity index is 717. The number of methoxy groups -OCH3 is 1. The number of nitrogens with zero attached hydrogens (tertiary/aromatic N) is 1. The van der Waals surface area contributed by atoms with Gasteiger partial charge in [0.05, 0.1) is 7.11 Å². The molecule has 1 aliphatic carbocycles. The molecule has 4 heteroatoms. The summed E-state index contributed by atoms with van der Waals surface area (Å²) in [7, 11) is 1.64. The van der Waals surface area contributed by atoms with Gasteiger partial charge in [-0.25, -0.2) is 0 Å². The van der Waals surface area contributed by atoms with Gasteiger partial charge in [0.1, 0.15) is 5.75 Å². The number of fused-ring (bicyclic) bond motifs is 1. The van der Waals surface area contributed by atoms with Gasteiger partial charge in [-0.05, 0) is 61.6 Å². The van der Waals surface area contributed by atoms with E-state index in [4.69, 9.17) is 10.5 Å². The summed E-state index contributed by atoms with van der Waals surface area (Å²) in [5.41, 5.74) is 9.78. The zero-order chi connectivity index (χ0) is 15.5. The van der Waals surface area contributed by atoms with Gasteiger partial charge in [0.25, 0.3) is 5.56 Å². The number of ether oxygens (including phenoxy) is 1. The van der Waals surface area contributed by atoms with Gasteiger partial charge in [-0.2, -0.15) is 0 Å². The Morgan fingerprint density at radius 1 is 1.14 bits per heavy atom. The second-order valence-corrected chi connectivity index (χ2v) is 5.74. The van der Waals surface area contributed by atoms with Crippen molar-refractivity contribution in [2.45, 2.75) is 38.6 Å². The highest BCUT2D eigenvalue weighted by Crippen LogP contribution is 2.23. The van der Waals surface area contributed by atoms with Crippen LogP contribution in [0.25, 0.3) is 5.69 Å². The number of hydrogen-bond acceptors (Lipinski definition) is 3. The predicted octanol–water partition coefficient (Wildman–Crippen LogP) is 2.57. The second kappa shape index (κ2) is 6.36. The molecule has 0 aliphatic heterocycles. The molecule has 0 bridgehead atoms. The van der Waals surface area contributed by atoms with Gasteiger partial charge in [-0.1, -0.05) is 6.42 Å². The summed E-state index contributed by atoms with van der Waals surface area (Å²) in [6, 6.07) is 9.67. The average Bonchev–Trinajstić information content (AvgIpc) is 2.79. The lowest BCUT2D eigenvalue weighted by Crippen LogP contribution is -2.28. The molecule has 0 fully saturated rings. The maximum Gasteiger partial charge on any atom is 0.259 e. The van der Waals surface area contributed by atoms with Crippen molar-refractivity contribution in [2.24, 2.45) is 5.73 Å². The Morgan fingerprint density at radius 3 is 2.55 bits per heavy atom. The van der Waals surface area contributed by atoms with Crippen LogP contribution < -0.4 is 16.0 Å². The summed E-state index contributed by atoms with van der Waals surface area (Å²) in [6.07, 6.45) is 5.49. The van der Waals surface area contributed by atoms with Crippen LogP contribution in [0.3, 0.4) is 0 Å². The minimum Gasteiger partial charge on any atom is -0.497 e. The third-order valence-electron chi connectivity index (χ3n) is 4.38. The van der Waals surface area contributed by atoms with Crippen molar-refractivity contribution in [1.82, 2.24) is 4.57 Å². The number of benzene rings is 1. The molecular weight excluding hydrogens is 276 g/mol. The molecule has 0 saturated carbocycles. The van der Waals surface area contributed by atoms with Crippen LogP contribution >= 0.6 is 0 Å². The van der Waals surface area contributed by atoms with E-state index in [2.05, 4.69) is 0 Å². The zero-order valence-corrected chi connectivity index (χ0v) is 13.0. The third kappa shape index (κ3) is 2.66. The van der Waals surface area contributed by atoms with Gasteiger partial charge in [0.15, 0.2) is 0 Å². The van der Waals surface area contributed by atoms with Gasteiger partial charge >= 0.3 is 0 Å². The van der Waals surface area contributed by atoms with Gasteiger partial charge in [-0.15, -0.1) is 0 Å². The van der Waals surface area contributed by atoms with Crippen LogP contribution in [0.4, 0.5) is 0 Å². The van der Waals surface area contributed by atoms with Crippen molar-refractivity contribution in [3.63, 3.8) is 0 Å². The van der Waals surface area contributed by atoms with Crippen LogP contribution in [0, 0.1) is 0 Å². The highest BCUT2D eigenvalue weighted by molar-refractivity contribution is 5.42. The fourth-order valence-corrected chi connectivity index (χ4v) is 3.19. The number of aromatic nitrogens is 1. The number of hydrogen-bond donors (Lipinski definition) is 1. The van der Waals surface area contributed by atoms with Crippen molar-refractivity contribution in [3.05, 3.63) is 57.5 Å². The molecule has 2 N–H and O–H groups in total. The summed E-state index contributed by atoms with van der Waals surface area (Å²) >= 11 is 0. The van der Waals surface area contributed by atoms with Crippen molar-refractivity contribution >= 4 is 0 Å². The molecule has 0 spiro atoms. The van der Waals surface area contributed by atoms with Crippen LogP contribution in [0.15, 0.2) is 35.1 Å². The highest BCUT2D eigenvalue weighted by Gasteiger charge is 2.17. The summed E-state index contributed by atoms with van der Waals surface area (Å²) in [4.78, 5) is 12.8. The van der Waals surface area contributed by atoms with E-state index in [0.717, 1.165) is 36.4 Å². The maximum absolute atomic E-state index is 12.8. The smallest absolute Gasteiger partial charge is 0.259 e. The molecule has 116 valence electrons. The van der Waals surface area contributed by atoms with E-state index in [9.17, 15) is 4.79 Å². The van der Waals surface area contributed by atoms with Crippen LogP contribution in [0.1, 0.15) is 36.1 Å². The van der Waals surface area contributed by atoms with E-state index >= 15 is 0 Å². The van der Waals surface area contributed by atoms with E-state index < -0.39 is 0 Å². The van der Waals surface area contributed by atoms with Gasteiger partial charge in [-0.3, -0.25) is 9.36 Å². The first-order valence-corrected chi connectivity index (χ1v) is 7.85. The standard InChI is InChI=1S/C18H22N2O2/c1-22-16-9-7-15(8-10-16)20-17-6-4-2-3-5-13(17)11-14(12-19)18(20)21/h7-11H,2-6,12,19H2,1H3. The molecule has 0 radical (unpaired) electrons. The summed E-state index contributed by atoms with van der Waals surface area (Å²) in [5.74, 6) is 0.790. The minimum atomic E-state index is 0.00770. The Kier molecular flexibility index (Phi) is 4.29. The van der Waals surface area contributed by atoms with E-state index in [1.807, 2.05) is 34.9 Å². The number of aryl methyl sites for hydroxylation is 1. The van der Waals surface area contributed by atoms with E-state index in [-0.39, 0.29) is 12.1 Å². The second-order valence-electron chi connectivity index (χ2n) is 5.74. The maximum atomic E-state index is 12.8. The lowest BCUT2D eigenvalue weighted by molar-refractivity contribution is 0.414. The molecule has 1 aliphatic rings. The number of nitrogens with two attached hydrogens (primary N) is 1.